The van der Waals surface area contributed by atoms with Crippen molar-refractivity contribution in [1.29, 1.82) is 0 Å². The summed E-state index contributed by atoms with van der Waals surface area (Å²) < 4.78 is 4.92. The predicted molar refractivity (Wildman–Crippen MR) is 76.8 cm³/mol. The van der Waals surface area contributed by atoms with Crippen LogP contribution in [0, 0.1) is 0 Å². The lowest BCUT2D eigenvalue weighted by Crippen LogP contribution is -2.11. The lowest BCUT2D eigenvalue weighted by molar-refractivity contribution is -0.137. The molecule has 0 saturated carbocycles. The Kier molecular flexibility index (Phi) is 7.35. The molecule has 0 heterocycles. The number of hydrogen-bond donors (Lipinski definition) is 2. The summed E-state index contributed by atoms with van der Waals surface area (Å²) in [4.78, 5) is 22.1. The van der Waals surface area contributed by atoms with Crippen molar-refractivity contribution in [3.05, 3.63) is 29.8 Å². The summed E-state index contributed by atoms with van der Waals surface area (Å²) >= 11 is 0. The molecule has 0 saturated heterocycles. The average molecular weight is 279 g/mol. The molecular weight excluding hydrogens is 258 g/mol. The summed E-state index contributed by atoms with van der Waals surface area (Å²) in [5.41, 5.74) is 1.69. The first-order valence-electron chi connectivity index (χ1n) is 6.71. The summed E-state index contributed by atoms with van der Waals surface area (Å²) in [6, 6.07) is 7.27. The zero-order valence-electron chi connectivity index (χ0n) is 11.7. The molecule has 1 aromatic carbocycles. The van der Waals surface area contributed by atoms with Crippen LogP contribution in [-0.4, -0.2) is 30.7 Å². The number of unbranched alkanes of at least 4 members (excludes halogenated alkanes) is 1. The number of rotatable bonds is 9. The Balaban J connectivity index is 2.33. The first-order chi connectivity index (χ1) is 9.61. The van der Waals surface area contributed by atoms with E-state index in [0.717, 1.165) is 24.1 Å². The zero-order chi connectivity index (χ0) is 14.8. The second kappa shape index (κ2) is 9.09. The van der Waals surface area contributed by atoms with Gasteiger partial charge in [-0.1, -0.05) is 12.1 Å². The Hall–Kier alpha value is -1.88. The molecule has 2 N–H and O–H groups in total. The highest BCUT2D eigenvalue weighted by Gasteiger charge is 2.03. The zero-order valence-corrected chi connectivity index (χ0v) is 11.7. The predicted octanol–water partition coefficient (Wildman–Crippen LogP) is 2.46. The Bertz CT molecular complexity index is 428. The maximum atomic E-state index is 11.6. The van der Waals surface area contributed by atoms with E-state index in [4.69, 9.17) is 9.84 Å². The van der Waals surface area contributed by atoms with Gasteiger partial charge in [-0.15, -0.1) is 0 Å². The molecule has 20 heavy (non-hydrogen) atoms. The van der Waals surface area contributed by atoms with Crippen LogP contribution < -0.4 is 5.32 Å². The molecular formula is C15H21NO4. The SMILES string of the molecule is COCCCCC(=O)Nc1ccc(CCC(=O)O)cc1. The van der Waals surface area contributed by atoms with Gasteiger partial charge in [0.05, 0.1) is 0 Å². The number of carboxylic acid groups (broad SMARTS) is 1. The van der Waals surface area contributed by atoms with Crippen LogP contribution in [0.3, 0.4) is 0 Å². The van der Waals surface area contributed by atoms with Gasteiger partial charge in [0, 0.05) is 32.2 Å². The second-order valence-corrected chi connectivity index (χ2v) is 4.59. The minimum Gasteiger partial charge on any atom is -0.481 e. The fourth-order valence-corrected chi connectivity index (χ4v) is 1.76. The molecule has 1 rings (SSSR count). The van der Waals surface area contributed by atoms with Crippen LogP contribution in [0.4, 0.5) is 5.69 Å². The van der Waals surface area contributed by atoms with Crippen molar-refractivity contribution in [3.8, 4) is 0 Å². The van der Waals surface area contributed by atoms with Gasteiger partial charge in [0.15, 0.2) is 0 Å². The highest BCUT2D eigenvalue weighted by molar-refractivity contribution is 5.90. The molecule has 0 spiro atoms. The van der Waals surface area contributed by atoms with E-state index in [9.17, 15) is 9.59 Å². The molecule has 1 aromatic rings. The maximum Gasteiger partial charge on any atom is 0.303 e. The lowest BCUT2D eigenvalue weighted by Gasteiger charge is -2.06. The standard InChI is InChI=1S/C15H21NO4/c1-20-11-3-2-4-14(17)16-13-8-5-12(6-9-13)7-10-15(18)19/h5-6,8-9H,2-4,7,10-11H2,1H3,(H,16,17)(H,18,19). The Morgan fingerprint density at radius 1 is 1.15 bits per heavy atom. The normalized spacial score (nSPS) is 10.2. The van der Waals surface area contributed by atoms with E-state index >= 15 is 0 Å². The maximum absolute atomic E-state index is 11.6. The van der Waals surface area contributed by atoms with E-state index in [1.807, 2.05) is 12.1 Å². The number of anilines is 1. The third-order valence-electron chi connectivity index (χ3n) is 2.87. The quantitative estimate of drug-likeness (QED) is 0.681. The van der Waals surface area contributed by atoms with Gasteiger partial charge in [0.25, 0.3) is 0 Å². The van der Waals surface area contributed by atoms with Gasteiger partial charge in [0.1, 0.15) is 0 Å². The highest BCUT2D eigenvalue weighted by Crippen LogP contribution is 2.12. The van der Waals surface area contributed by atoms with E-state index < -0.39 is 5.97 Å². The number of carboxylic acids is 1. The summed E-state index contributed by atoms with van der Waals surface area (Å²) in [6.45, 7) is 0.672. The topological polar surface area (TPSA) is 75.6 Å². The molecule has 0 aromatic heterocycles. The van der Waals surface area contributed by atoms with Crippen molar-refractivity contribution in [2.24, 2.45) is 0 Å². The molecule has 0 unspecified atom stereocenters. The first-order valence-corrected chi connectivity index (χ1v) is 6.71. The van der Waals surface area contributed by atoms with Crippen LogP contribution in [0.2, 0.25) is 0 Å². The van der Waals surface area contributed by atoms with Crippen LogP contribution in [0.25, 0.3) is 0 Å². The van der Waals surface area contributed by atoms with Gasteiger partial charge in [0.2, 0.25) is 5.91 Å². The smallest absolute Gasteiger partial charge is 0.303 e. The highest BCUT2D eigenvalue weighted by atomic mass is 16.5. The Morgan fingerprint density at radius 2 is 1.85 bits per heavy atom. The van der Waals surface area contributed by atoms with Crippen LogP contribution in [0.15, 0.2) is 24.3 Å². The molecule has 5 nitrogen and oxygen atoms in total. The largest absolute Gasteiger partial charge is 0.481 e. The Morgan fingerprint density at radius 3 is 2.45 bits per heavy atom. The third kappa shape index (κ3) is 6.89. The summed E-state index contributed by atoms with van der Waals surface area (Å²) in [5.74, 6) is -0.821. The van der Waals surface area contributed by atoms with Crippen molar-refractivity contribution in [2.75, 3.05) is 19.0 Å². The summed E-state index contributed by atoms with van der Waals surface area (Å²) in [6.07, 6.45) is 2.77. The van der Waals surface area contributed by atoms with Gasteiger partial charge in [-0.3, -0.25) is 9.59 Å². The van der Waals surface area contributed by atoms with Crippen molar-refractivity contribution in [1.82, 2.24) is 0 Å². The number of benzene rings is 1. The fraction of sp³-hybridized carbons (Fsp3) is 0.467. The van der Waals surface area contributed by atoms with Crippen LogP contribution in [0.1, 0.15) is 31.2 Å². The number of carbonyl (C=O) groups excluding carboxylic acids is 1. The minimum atomic E-state index is -0.807. The third-order valence-corrected chi connectivity index (χ3v) is 2.87. The minimum absolute atomic E-state index is 0.0145. The van der Waals surface area contributed by atoms with E-state index in [-0.39, 0.29) is 12.3 Å². The molecule has 0 aliphatic heterocycles. The molecule has 1 amide bonds. The number of nitrogens with one attached hydrogen (secondary N) is 1. The fourth-order valence-electron chi connectivity index (χ4n) is 1.76. The number of methoxy groups -OCH3 is 1. The van der Waals surface area contributed by atoms with Gasteiger partial charge in [-0.05, 0) is 37.0 Å². The van der Waals surface area contributed by atoms with Gasteiger partial charge in [-0.25, -0.2) is 0 Å². The number of aryl methyl sites for hydroxylation is 1. The second-order valence-electron chi connectivity index (χ2n) is 4.59. The summed E-state index contributed by atoms with van der Waals surface area (Å²) in [7, 11) is 1.64. The molecule has 5 heteroatoms. The van der Waals surface area contributed by atoms with Crippen LogP contribution in [-0.2, 0) is 20.7 Å². The molecule has 0 fully saturated rings. The van der Waals surface area contributed by atoms with Crippen molar-refractivity contribution in [3.63, 3.8) is 0 Å². The monoisotopic (exact) mass is 279 g/mol. The van der Waals surface area contributed by atoms with E-state index in [2.05, 4.69) is 5.32 Å². The number of hydrogen-bond acceptors (Lipinski definition) is 3. The van der Waals surface area contributed by atoms with Crippen molar-refractivity contribution < 1.29 is 19.4 Å². The van der Waals surface area contributed by atoms with Gasteiger partial charge >= 0.3 is 5.97 Å². The van der Waals surface area contributed by atoms with Crippen molar-refractivity contribution >= 4 is 17.6 Å². The van der Waals surface area contributed by atoms with Gasteiger partial charge < -0.3 is 15.2 Å². The molecule has 110 valence electrons. The molecule has 0 bridgehead atoms. The van der Waals surface area contributed by atoms with Gasteiger partial charge in [-0.2, -0.15) is 0 Å². The molecule has 0 aliphatic rings. The first kappa shape index (κ1) is 16.2. The Labute approximate surface area is 118 Å². The van der Waals surface area contributed by atoms with Crippen LogP contribution in [0.5, 0.6) is 0 Å². The van der Waals surface area contributed by atoms with E-state index in [1.54, 1.807) is 19.2 Å². The lowest BCUT2D eigenvalue weighted by atomic mass is 10.1. The number of ether oxygens (including phenoxy) is 1. The molecule has 0 aliphatic carbocycles. The molecule has 0 atom stereocenters. The van der Waals surface area contributed by atoms with E-state index in [1.165, 1.54) is 0 Å². The number of aliphatic carboxylic acids is 1. The number of carbonyl (C=O) groups is 2. The van der Waals surface area contributed by atoms with Crippen LogP contribution >= 0.6 is 0 Å². The number of amides is 1. The average Bonchev–Trinajstić information content (AvgIpc) is 2.43. The summed E-state index contributed by atoms with van der Waals surface area (Å²) in [5, 5.41) is 11.4. The van der Waals surface area contributed by atoms with E-state index in [0.29, 0.717) is 19.4 Å². The molecule has 0 radical (unpaired) electrons. The van der Waals surface area contributed by atoms with Crippen molar-refractivity contribution in [2.45, 2.75) is 32.1 Å².